The first-order valence-electron chi connectivity index (χ1n) is 14.4. The van der Waals surface area contributed by atoms with Crippen LogP contribution in [0.5, 0.6) is 17.2 Å². The van der Waals surface area contributed by atoms with Gasteiger partial charge in [0.2, 0.25) is 0 Å². The molecule has 0 spiro atoms. The lowest BCUT2D eigenvalue weighted by molar-refractivity contribution is -0.274. The Morgan fingerprint density at radius 2 is 1.71 bits per heavy atom. The Kier molecular flexibility index (Phi) is 10.1. The maximum atomic E-state index is 14.2. The van der Waals surface area contributed by atoms with Gasteiger partial charge in [0.05, 0.1) is 19.4 Å². The van der Waals surface area contributed by atoms with E-state index in [0.717, 1.165) is 0 Å². The molecule has 1 aliphatic heterocycles. The fourth-order valence-electron chi connectivity index (χ4n) is 5.00. The number of halogens is 4. The van der Waals surface area contributed by atoms with Crippen LogP contribution in [0, 0.1) is 12.7 Å². The molecule has 45 heavy (non-hydrogen) atoms. The van der Waals surface area contributed by atoms with E-state index < -0.39 is 35.5 Å². The zero-order valence-corrected chi connectivity index (χ0v) is 25.7. The molecule has 0 saturated carbocycles. The summed E-state index contributed by atoms with van der Waals surface area (Å²) in [6, 6.07) is 11.8. The van der Waals surface area contributed by atoms with Gasteiger partial charge in [-0.1, -0.05) is 12.1 Å². The molecule has 0 aromatic heterocycles. The summed E-state index contributed by atoms with van der Waals surface area (Å²) in [4.78, 5) is 27.6. The van der Waals surface area contributed by atoms with Gasteiger partial charge in [0.1, 0.15) is 34.7 Å². The molecular formula is C33H36F4N2O6. The summed E-state index contributed by atoms with van der Waals surface area (Å²) in [6.07, 6.45) is -3.89. The number of anilines is 2. The molecule has 3 aromatic rings. The lowest BCUT2D eigenvalue weighted by Crippen LogP contribution is -2.37. The van der Waals surface area contributed by atoms with Gasteiger partial charge in [-0.3, -0.25) is 9.59 Å². The van der Waals surface area contributed by atoms with Gasteiger partial charge in [0, 0.05) is 42.9 Å². The Bertz CT molecular complexity index is 1540. The third-order valence-corrected chi connectivity index (χ3v) is 6.88. The van der Waals surface area contributed by atoms with E-state index in [1.807, 2.05) is 0 Å². The molecule has 0 bridgehead atoms. The van der Waals surface area contributed by atoms with Crippen molar-refractivity contribution in [3.8, 4) is 17.2 Å². The third kappa shape index (κ3) is 9.26. The molecule has 0 radical (unpaired) electrons. The molecular weight excluding hydrogens is 596 g/mol. The number of nitrogens with zero attached hydrogens (tertiary/aromatic N) is 1. The molecule has 1 amide bonds. The predicted molar refractivity (Wildman–Crippen MR) is 160 cm³/mol. The number of hydrogen-bond acceptors (Lipinski definition) is 7. The van der Waals surface area contributed by atoms with Crippen LogP contribution in [0.2, 0.25) is 0 Å². The average Bonchev–Trinajstić information content (AvgIpc) is 3.35. The van der Waals surface area contributed by atoms with Crippen molar-refractivity contribution >= 4 is 23.3 Å². The van der Waals surface area contributed by atoms with Crippen molar-refractivity contribution in [3.63, 3.8) is 0 Å². The van der Waals surface area contributed by atoms with Gasteiger partial charge in [-0.2, -0.15) is 0 Å². The molecule has 0 aliphatic carbocycles. The second-order valence-corrected chi connectivity index (χ2v) is 11.6. The summed E-state index contributed by atoms with van der Waals surface area (Å²) >= 11 is 0. The first kappa shape index (κ1) is 33.4. The van der Waals surface area contributed by atoms with Crippen LogP contribution in [0.25, 0.3) is 0 Å². The van der Waals surface area contributed by atoms with Crippen LogP contribution in [0.3, 0.4) is 0 Å². The molecule has 12 heteroatoms. The number of methoxy groups -OCH3 is 1. The fourth-order valence-corrected chi connectivity index (χ4v) is 5.00. The minimum absolute atomic E-state index is 0.166. The monoisotopic (exact) mass is 632 g/mol. The SMILES string of the molecule is COc1cc(NC(C(=O)N2CCc3ccc(OC(F)(F)F)cc32)c2ccc(F)cc2C)cc(OCCCC(=O)OC(C)(C)C)c1. The highest BCUT2D eigenvalue weighted by molar-refractivity contribution is 6.01. The number of hydrogen-bond donors (Lipinski definition) is 1. The van der Waals surface area contributed by atoms with Crippen molar-refractivity contribution in [2.45, 2.75) is 65.0 Å². The molecule has 1 N–H and O–H groups in total. The quantitative estimate of drug-likeness (QED) is 0.135. The van der Waals surface area contributed by atoms with Gasteiger partial charge >= 0.3 is 12.3 Å². The summed E-state index contributed by atoms with van der Waals surface area (Å²) in [6.45, 7) is 7.47. The first-order chi connectivity index (χ1) is 21.1. The highest BCUT2D eigenvalue weighted by atomic mass is 19.4. The Hall–Kier alpha value is -4.48. The zero-order valence-electron chi connectivity index (χ0n) is 25.7. The van der Waals surface area contributed by atoms with E-state index in [2.05, 4.69) is 10.1 Å². The van der Waals surface area contributed by atoms with Crippen molar-refractivity contribution < 1.29 is 46.1 Å². The summed E-state index contributed by atoms with van der Waals surface area (Å²) < 4.78 is 73.6. The van der Waals surface area contributed by atoms with Crippen molar-refractivity contribution in [3.05, 3.63) is 77.1 Å². The number of alkyl halides is 3. The minimum atomic E-state index is -4.89. The van der Waals surface area contributed by atoms with Crippen LogP contribution in [0.15, 0.2) is 54.6 Å². The number of aryl methyl sites for hydroxylation is 1. The van der Waals surface area contributed by atoms with E-state index in [9.17, 15) is 27.2 Å². The van der Waals surface area contributed by atoms with Gasteiger partial charge in [0.15, 0.2) is 0 Å². The minimum Gasteiger partial charge on any atom is -0.497 e. The van der Waals surface area contributed by atoms with Crippen molar-refractivity contribution in [2.75, 3.05) is 30.5 Å². The Balaban J connectivity index is 1.59. The lowest BCUT2D eigenvalue weighted by Gasteiger charge is -2.27. The van der Waals surface area contributed by atoms with Crippen LogP contribution in [-0.2, 0) is 20.7 Å². The van der Waals surface area contributed by atoms with E-state index in [4.69, 9.17) is 14.2 Å². The van der Waals surface area contributed by atoms with E-state index in [1.165, 1.54) is 48.4 Å². The highest BCUT2D eigenvalue weighted by Crippen LogP contribution is 2.37. The molecule has 4 rings (SSSR count). The zero-order chi connectivity index (χ0) is 32.9. The van der Waals surface area contributed by atoms with Crippen molar-refractivity contribution in [1.29, 1.82) is 0 Å². The molecule has 0 saturated heterocycles. The summed E-state index contributed by atoms with van der Waals surface area (Å²) in [5.74, 6) is -0.893. The number of rotatable bonds is 11. The molecule has 3 aromatic carbocycles. The smallest absolute Gasteiger partial charge is 0.497 e. The van der Waals surface area contributed by atoms with Gasteiger partial charge in [-0.15, -0.1) is 13.2 Å². The number of carbonyl (C=O) groups is 2. The average molecular weight is 633 g/mol. The van der Waals surface area contributed by atoms with Crippen molar-refractivity contribution in [1.82, 2.24) is 0 Å². The number of benzene rings is 3. The normalized spacial score (nSPS) is 13.6. The Morgan fingerprint density at radius 1 is 0.978 bits per heavy atom. The molecule has 1 aliphatic rings. The predicted octanol–water partition coefficient (Wildman–Crippen LogP) is 7.28. The first-order valence-corrected chi connectivity index (χ1v) is 14.4. The van der Waals surface area contributed by atoms with Crippen LogP contribution in [-0.4, -0.2) is 44.1 Å². The number of fused-ring (bicyclic) bond motifs is 1. The van der Waals surface area contributed by atoms with E-state index in [1.54, 1.807) is 45.9 Å². The lowest BCUT2D eigenvalue weighted by atomic mass is 9.99. The number of amides is 1. The maximum absolute atomic E-state index is 14.2. The molecule has 242 valence electrons. The largest absolute Gasteiger partial charge is 0.573 e. The van der Waals surface area contributed by atoms with Gasteiger partial charge in [0.25, 0.3) is 5.91 Å². The standard InChI is InChI=1S/C33H36F4N2O6/c1-20-15-22(34)9-11-27(20)30(31(41)39-13-12-21-8-10-24(19-28(21)39)44-33(35,36)37)38-23-16-25(42-5)18-26(17-23)43-14-6-7-29(40)45-32(2,3)4/h8-11,15-19,30,38H,6-7,12-14H2,1-5H3. The Labute approximate surface area is 259 Å². The molecule has 1 unspecified atom stereocenters. The number of ether oxygens (including phenoxy) is 4. The molecule has 1 atom stereocenters. The number of esters is 1. The van der Waals surface area contributed by atoms with E-state index >= 15 is 0 Å². The molecule has 1 heterocycles. The number of carbonyl (C=O) groups excluding carboxylic acids is 2. The Morgan fingerprint density at radius 3 is 2.38 bits per heavy atom. The topological polar surface area (TPSA) is 86.3 Å². The highest BCUT2D eigenvalue weighted by Gasteiger charge is 2.35. The van der Waals surface area contributed by atoms with Crippen LogP contribution in [0.4, 0.5) is 28.9 Å². The van der Waals surface area contributed by atoms with Crippen molar-refractivity contribution in [2.24, 2.45) is 0 Å². The van der Waals surface area contributed by atoms with E-state index in [-0.39, 0.29) is 25.5 Å². The maximum Gasteiger partial charge on any atom is 0.573 e. The molecule has 8 nitrogen and oxygen atoms in total. The second-order valence-electron chi connectivity index (χ2n) is 11.6. The summed E-state index contributed by atoms with van der Waals surface area (Å²) in [7, 11) is 1.47. The van der Waals surface area contributed by atoms with Gasteiger partial charge in [-0.05, 0) is 75.4 Å². The van der Waals surface area contributed by atoms with Crippen LogP contribution >= 0.6 is 0 Å². The van der Waals surface area contributed by atoms with Gasteiger partial charge < -0.3 is 29.2 Å². The number of nitrogens with one attached hydrogen (secondary N) is 1. The third-order valence-electron chi connectivity index (χ3n) is 6.88. The van der Waals surface area contributed by atoms with Gasteiger partial charge in [-0.25, -0.2) is 4.39 Å². The fraction of sp³-hybridized carbons (Fsp3) is 0.394. The second kappa shape index (κ2) is 13.7. The molecule has 0 fully saturated rings. The van der Waals surface area contributed by atoms with E-state index in [0.29, 0.717) is 52.4 Å². The van der Waals surface area contributed by atoms with Crippen LogP contribution < -0.4 is 24.4 Å². The summed E-state index contributed by atoms with van der Waals surface area (Å²) in [5.41, 5.74) is 1.81. The van der Waals surface area contributed by atoms with Crippen LogP contribution in [0.1, 0.15) is 56.3 Å². The summed E-state index contributed by atoms with van der Waals surface area (Å²) in [5, 5.41) is 3.21.